The summed E-state index contributed by atoms with van der Waals surface area (Å²) in [5, 5.41) is 11.4. The highest BCUT2D eigenvalue weighted by atomic mass is 32.2. The highest BCUT2D eigenvalue weighted by molar-refractivity contribution is 8.26. The van der Waals surface area contributed by atoms with Crippen LogP contribution in [0.5, 0.6) is 11.5 Å². The maximum absolute atomic E-state index is 12.7. The first-order valence-corrected chi connectivity index (χ1v) is 8.85. The molecule has 1 atom stereocenters. The fourth-order valence-corrected chi connectivity index (χ4v) is 3.80. The van der Waals surface area contributed by atoms with Gasteiger partial charge in [-0.2, -0.15) is 0 Å². The molecule has 1 fully saturated rings. The molecule has 0 aliphatic carbocycles. The lowest BCUT2D eigenvalue weighted by molar-refractivity contribution is -0.310. The Morgan fingerprint density at radius 2 is 2.12 bits per heavy atom. The van der Waals surface area contributed by atoms with Crippen molar-refractivity contribution in [1.29, 1.82) is 0 Å². The minimum atomic E-state index is -1.30. The lowest BCUT2D eigenvalue weighted by Gasteiger charge is -2.27. The van der Waals surface area contributed by atoms with Crippen molar-refractivity contribution in [3.05, 3.63) is 28.7 Å². The van der Waals surface area contributed by atoms with E-state index in [1.807, 2.05) is 6.92 Å². The molecule has 1 aromatic rings. The van der Waals surface area contributed by atoms with Crippen LogP contribution in [0.1, 0.15) is 25.3 Å². The number of benzene rings is 1. The van der Waals surface area contributed by atoms with Gasteiger partial charge in [0.25, 0.3) is 5.91 Å². The maximum atomic E-state index is 12.7. The SMILES string of the molecule is CCC[C@H](C(=O)[O-])N1C(=O)/C(=C/c2ccc(OC)cc2OC)SC1=S. The number of carboxylic acid groups (broad SMARTS) is 1. The van der Waals surface area contributed by atoms with Crippen LogP contribution in [-0.2, 0) is 9.59 Å². The molecule has 0 spiro atoms. The average Bonchev–Trinajstić information content (AvgIpc) is 2.86. The molecule has 8 heteroatoms. The lowest BCUT2D eigenvalue weighted by atomic mass is 10.1. The van der Waals surface area contributed by atoms with Crippen LogP contribution in [0.4, 0.5) is 0 Å². The number of carboxylic acids is 1. The van der Waals surface area contributed by atoms with Crippen LogP contribution in [0.2, 0.25) is 0 Å². The number of hydrogen-bond donors (Lipinski definition) is 0. The van der Waals surface area contributed by atoms with Crippen LogP contribution in [0, 0.1) is 0 Å². The molecule has 1 aromatic carbocycles. The number of amides is 1. The highest BCUT2D eigenvalue weighted by Gasteiger charge is 2.37. The standard InChI is InChI=1S/C17H19NO5S2/c1-4-5-12(16(20)21)18-15(19)14(25-17(18)24)8-10-6-7-11(22-2)9-13(10)23-3/h6-9,12H,4-5H2,1-3H3,(H,20,21)/p-1/b14-8-/t12-/m1/s1. The molecule has 134 valence electrons. The fraction of sp³-hybridized carbons (Fsp3) is 0.353. The van der Waals surface area contributed by atoms with E-state index < -0.39 is 17.9 Å². The number of carbonyl (C=O) groups excluding carboxylic acids is 2. The third-order valence-electron chi connectivity index (χ3n) is 3.70. The van der Waals surface area contributed by atoms with Crippen LogP contribution < -0.4 is 14.6 Å². The van der Waals surface area contributed by atoms with Crippen molar-refractivity contribution in [1.82, 2.24) is 4.90 Å². The topological polar surface area (TPSA) is 78.9 Å². The molecule has 1 amide bonds. The Bertz CT molecular complexity index is 732. The fourth-order valence-electron chi connectivity index (χ4n) is 2.45. The second-order valence-corrected chi connectivity index (χ2v) is 6.96. The molecule has 0 bridgehead atoms. The number of thioether (sulfide) groups is 1. The zero-order chi connectivity index (χ0) is 18.6. The third kappa shape index (κ3) is 4.13. The van der Waals surface area contributed by atoms with E-state index in [1.54, 1.807) is 31.4 Å². The predicted molar refractivity (Wildman–Crippen MR) is 98.3 cm³/mol. The summed E-state index contributed by atoms with van der Waals surface area (Å²) in [4.78, 5) is 25.5. The van der Waals surface area contributed by atoms with Crippen LogP contribution in [0.15, 0.2) is 23.1 Å². The molecule has 1 heterocycles. The molecule has 0 radical (unpaired) electrons. The number of ether oxygens (including phenoxy) is 2. The van der Waals surface area contributed by atoms with Crippen molar-refractivity contribution in [2.45, 2.75) is 25.8 Å². The summed E-state index contributed by atoms with van der Waals surface area (Å²) < 4.78 is 10.7. The number of carbonyl (C=O) groups is 2. The van der Waals surface area contributed by atoms with Crippen molar-refractivity contribution in [3.63, 3.8) is 0 Å². The Kier molecular flexibility index (Phi) is 6.44. The number of thiocarbonyl (C=S) groups is 1. The minimum Gasteiger partial charge on any atom is -0.548 e. The zero-order valence-corrected chi connectivity index (χ0v) is 15.7. The summed E-state index contributed by atoms with van der Waals surface area (Å²) in [7, 11) is 3.07. The van der Waals surface area contributed by atoms with Crippen molar-refractivity contribution in [3.8, 4) is 11.5 Å². The van der Waals surface area contributed by atoms with E-state index >= 15 is 0 Å². The van der Waals surface area contributed by atoms with Gasteiger partial charge in [0.1, 0.15) is 15.8 Å². The number of methoxy groups -OCH3 is 2. The van der Waals surface area contributed by atoms with Crippen molar-refractivity contribution < 1.29 is 24.2 Å². The predicted octanol–water partition coefficient (Wildman–Crippen LogP) is 1.82. The molecule has 6 nitrogen and oxygen atoms in total. The summed E-state index contributed by atoms with van der Waals surface area (Å²) in [6, 6.07) is 4.15. The number of aliphatic carboxylic acids is 1. The monoisotopic (exact) mass is 380 g/mol. The van der Waals surface area contributed by atoms with Gasteiger partial charge in [0, 0.05) is 11.6 Å². The first kappa shape index (κ1) is 19.3. The Morgan fingerprint density at radius 3 is 2.68 bits per heavy atom. The summed E-state index contributed by atoms with van der Waals surface area (Å²) in [5.41, 5.74) is 0.671. The smallest absolute Gasteiger partial charge is 0.266 e. The third-order valence-corrected chi connectivity index (χ3v) is 5.03. The van der Waals surface area contributed by atoms with E-state index in [2.05, 4.69) is 0 Å². The van der Waals surface area contributed by atoms with Crippen LogP contribution in [-0.4, -0.2) is 41.4 Å². The first-order chi connectivity index (χ1) is 11.9. The molecule has 1 aliphatic rings. The van der Waals surface area contributed by atoms with Gasteiger partial charge in [-0.1, -0.05) is 37.3 Å². The Labute approximate surface area is 155 Å². The molecule has 0 saturated carbocycles. The Balaban J connectivity index is 2.36. The van der Waals surface area contributed by atoms with E-state index in [1.165, 1.54) is 7.11 Å². The molecular weight excluding hydrogens is 362 g/mol. The molecule has 0 N–H and O–H groups in total. The van der Waals surface area contributed by atoms with Gasteiger partial charge >= 0.3 is 0 Å². The van der Waals surface area contributed by atoms with Gasteiger partial charge in [0.2, 0.25) is 0 Å². The molecule has 1 saturated heterocycles. The van der Waals surface area contributed by atoms with E-state index in [0.717, 1.165) is 16.7 Å². The lowest BCUT2D eigenvalue weighted by Crippen LogP contribution is -2.49. The first-order valence-electron chi connectivity index (χ1n) is 7.62. The second kappa shape index (κ2) is 8.35. The summed E-state index contributed by atoms with van der Waals surface area (Å²) >= 11 is 6.27. The second-order valence-electron chi connectivity index (χ2n) is 5.28. The molecule has 0 unspecified atom stereocenters. The van der Waals surface area contributed by atoms with Crippen molar-refractivity contribution in [2.75, 3.05) is 14.2 Å². The molecule has 0 aromatic heterocycles. The Hall–Kier alpha value is -2.06. The maximum Gasteiger partial charge on any atom is 0.266 e. The normalized spacial score (nSPS) is 17.1. The van der Waals surface area contributed by atoms with Gasteiger partial charge in [-0.3, -0.25) is 9.69 Å². The van der Waals surface area contributed by atoms with Gasteiger partial charge < -0.3 is 19.4 Å². The largest absolute Gasteiger partial charge is 0.548 e. The quantitative estimate of drug-likeness (QED) is 0.527. The van der Waals surface area contributed by atoms with Gasteiger partial charge in [0.15, 0.2) is 0 Å². The molecule has 25 heavy (non-hydrogen) atoms. The van der Waals surface area contributed by atoms with Gasteiger partial charge in [-0.15, -0.1) is 0 Å². The zero-order valence-electron chi connectivity index (χ0n) is 14.1. The highest BCUT2D eigenvalue weighted by Crippen LogP contribution is 2.36. The summed E-state index contributed by atoms with van der Waals surface area (Å²) in [5.74, 6) is -0.576. The van der Waals surface area contributed by atoms with Crippen LogP contribution in [0.25, 0.3) is 6.08 Å². The minimum absolute atomic E-state index is 0.214. The number of hydrogen-bond acceptors (Lipinski definition) is 7. The van der Waals surface area contributed by atoms with Gasteiger partial charge in [-0.25, -0.2) is 0 Å². The Morgan fingerprint density at radius 1 is 1.40 bits per heavy atom. The van der Waals surface area contributed by atoms with E-state index in [0.29, 0.717) is 28.4 Å². The average molecular weight is 380 g/mol. The number of nitrogens with zero attached hydrogens (tertiary/aromatic N) is 1. The van der Waals surface area contributed by atoms with E-state index in [-0.39, 0.29) is 10.7 Å². The van der Waals surface area contributed by atoms with Gasteiger partial charge in [-0.05, 0) is 24.6 Å². The van der Waals surface area contributed by atoms with Crippen molar-refractivity contribution >= 4 is 46.3 Å². The summed E-state index contributed by atoms with van der Waals surface area (Å²) in [6.07, 6.45) is 2.52. The number of rotatable bonds is 7. The molecule has 1 aliphatic heterocycles. The van der Waals surface area contributed by atoms with Crippen molar-refractivity contribution in [2.24, 2.45) is 0 Å². The van der Waals surface area contributed by atoms with E-state index in [9.17, 15) is 14.7 Å². The van der Waals surface area contributed by atoms with E-state index in [4.69, 9.17) is 21.7 Å². The molecule has 2 rings (SSSR count). The summed E-state index contributed by atoms with van der Waals surface area (Å²) in [6.45, 7) is 1.84. The van der Waals surface area contributed by atoms with Crippen LogP contribution >= 0.6 is 24.0 Å². The molecular formula is C17H18NO5S2-. The van der Waals surface area contributed by atoms with Crippen LogP contribution in [0.3, 0.4) is 0 Å². The van der Waals surface area contributed by atoms with Gasteiger partial charge in [0.05, 0.1) is 31.1 Å².